The molecule has 6 nitrogen and oxygen atoms in total. The monoisotopic (exact) mass is 293 g/mol. The van der Waals surface area contributed by atoms with E-state index in [1.165, 1.54) is 12.5 Å². The highest BCUT2D eigenvalue weighted by atomic mass is 16.6. The first-order chi connectivity index (χ1) is 10.2. The molecule has 0 aliphatic carbocycles. The Kier molecular flexibility index (Phi) is 5.52. The number of nitro groups is 1. The standard InChI is InChI=1S/C15H23N3O3/c1-16-15-7-6-13(18(20)21)9-12(15)10-17-8-4-2-3-5-14(17)11-19/h6-7,9,14,16,19H,2-5,8,10-11H2,1H3. The molecule has 1 atom stereocenters. The second-order valence-corrected chi connectivity index (χ2v) is 5.50. The van der Waals surface area contributed by atoms with E-state index >= 15 is 0 Å². The number of nitro benzene ring substituents is 1. The highest BCUT2D eigenvalue weighted by molar-refractivity contribution is 5.55. The van der Waals surface area contributed by atoms with Crippen molar-refractivity contribution in [1.82, 2.24) is 4.90 Å². The number of likely N-dealkylation sites (tertiary alicyclic amines) is 1. The Morgan fingerprint density at radius 2 is 2.24 bits per heavy atom. The summed E-state index contributed by atoms with van der Waals surface area (Å²) >= 11 is 0. The Bertz CT molecular complexity index is 493. The molecule has 1 saturated heterocycles. The average Bonchev–Trinajstić information content (AvgIpc) is 2.72. The summed E-state index contributed by atoms with van der Waals surface area (Å²) in [5, 5.41) is 23.6. The van der Waals surface area contributed by atoms with Crippen molar-refractivity contribution in [1.29, 1.82) is 0 Å². The third kappa shape index (κ3) is 3.92. The molecule has 0 spiro atoms. The first kappa shape index (κ1) is 15.7. The van der Waals surface area contributed by atoms with Gasteiger partial charge in [-0.15, -0.1) is 0 Å². The number of aliphatic hydroxyl groups excluding tert-OH is 1. The molecular weight excluding hydrogens is 270 g/mol. The Morgan fingerprint density at radius 3 is 2.90 bits per heavy atom. The number of aliphatic hydroxyl groups is 1. The van der Waals surface area contributed by atoms with Gasteiger partial charge in [-0.05, 0) is 31.0 Å². The smallest absolute Gasteiger partial charge is 0.269 e. The van der Waals surface area contributed by atoms with Gasteiger partial charge >= 0.3 is 0 Å². The SMILES string of the molecule is CNc1ccc([N+](=O)[O-])cc1CN1CCCCCC1CO. The van der Waals surface area contributed by atoms with Crippen LogP contribution in [0.5, 0.6) is 0 Å². The zero-order valence-electron chi connectivity index (χ0n) is 12.4. The lowest BCUT2D eigenvalue weighted by molar-refractivity contribution is -0.384. The molecule has 0 amide bonds. The quantitative estimate of drug-likeness (QED) is 0.643. The van der Waals surface area contributed by atoms with Crippen LogP contribution < -0.4 is 5.32 Å². The molecule has 1 aliphatic heterocycles. The summed E-state index contributed by atoms with van der Waals surface area (Å²) in [6.45, 7) is 1.70. The van der Waals surface area contributed by atoms with Crippen molar-refractivity contribution in [2.75, 3.05) is 25.5 Å². The van der Waals surface area contributed by atoms with Gasteiger partial charge in [0.1, 0.15) is 0 Å². The average molecular weight is 293 g/mol. The normalized spacial score (nSPS) is 20.0. The third-order valence-corrected chi connectivity index (χ3v) is 4.15. The molecule has 0 aromatic heterocycles. The number of anilines is 1. The fourth-order valence-electron chi connectivity index (χ4n) is 2.94. The Balaban J connectivity index is 2.23. The van der Waals surface area contributed by atoms with E-state index in [2.05, 4.69) is 10.2 Å². The van der Waals surface area contributed by atoms with Crippen molar-refractivity contribution in [3.63, 3.8) is 0 Å². The van der Waals surface area contributed by atoms with E-state index in [1.807, 2.05) is 7.05 Å². The zero-order valence-corrected chi connectivity index (χ0v) is 12.4. The predicted molar refractivity (Wildman–Crippen MR) is 82.4 cm³/mol. The van der Waals surface area contributed by atoms with Crippen LogP contribution in [-0.4, -0.2) is 41.2 Å². The fraction of sp³-hybridized carbons (Fsp3) is 0.600. The van der Waals surface area contributed by atoms with Gasteiger partial charge in [0, 0.05) is 37.5 Å². The van der Waals surface area contributed by atoms with Crippen LogP contribution in [0.4, 0.5) is 11.4 Å². The van der Waals surface area contributed by atoms with Crippen molar-refractivity contribution in [2.24, 2.45) is 0 Å². The molecule has 0 radical (unpaired) electrons. The number of hydrogen-bond donors (Lipinski definition) is 2. The topological polar surface area (TPSA) is 78.6 Å². The Hall–Kier alpha value is -1.66. The maximum Gasteiger partial charge on any atom is 0.269 e. The highest BCUT2D eigenvalue weighted by Gasteiger charge is 2.22. The van der Waals surface area contributed by atoms with Gasteiger partial charge in [0.05, 0.1) is 11.5 Å². The molecule has 0 saturated carbocycles. The Labute approximate surface area is 124 Å². The molecule has 1 heterocycles. The van der Waals surface area contributed by atoms with Gasteiger partial charge in [-0.25, -0.2) is 0 Å². The van der Waals surface area contributed by atoms with Crippen LogP contribution in [0.3, 0.4) is 0 Å². The van der Waals surface area contributed by atoms with E-state index in [1.54, 1.807) is 12.1 Å². The van der Waals surface area contributed by atoms with E-state index in [4.69, 9.17) is 0 Å². The Morgan fingerprint density at radius 1 is 1.43 bits per heavy atom. The van der Waals surface area contributed by atoms with Crippen LogP contribution in [0.1, 0.15) is 31.2 Å². The summed E-state index contributed by atoms with van der Waals surface area (Å²) in [7, 11) is 1.82. The van der Waals surface area contributed by atoms with Gasteiger partial charge < -0.3 is 10.4 Å². The molecule has 6 heteroatoms. The minimum Gasteiger partial charge on any atom is -0.395 e. The number of non-ortho nitro benzene ring substituents is 1. The second-order valence-electron chi connectivity index (χ2n) is 5.50. The lowest BCUT2D eigenvalue weighted by Gasteiger charge is -2.29. The van der Waals surface area contributed by atoms with Gasteiger partial charge in [-0.2, -0.15) is 0 Å². The summed E-state index contributed by atoms with van der Waals surface area (Å²) in [6, 6.07) is 5.04. The number of nitrogens with one attached hydrogen (secondary N) is 1. The molecular formula is C15H23N3O3. The summed E-state index contributed by atoms with van der Waals surface area (Å²) < 4.78 is 0. The molecule has 116 valence electrons. The van der Waals surface area contributed by atoms with Gasteiger partial charge in [-0.1, -0.05) is 12.8 Å². The fourth-order valence-corrected chi connectivity index (χ4v) is 2.94. The van der Waals surface area contributed by atoms with Gasteiger partial charge in [-0.3, -0.25) is 15.0 Å². The number of nitrogens with zero attached hydrogens (tertiary/aromatic N) is 2. The van der Waals surface area contributed by atoms with E-state index < -0.39 is 0 Å². The minimum absolute atomic E-state index is 0.111. The van der Waals surface area contributed by atoms with Crippen LogP contribution in [0.2, 0.25) is 0 Å². The summed E-state index contributed by atoms with van der Waals surface area (Å²) in [4.78, 5) is 12.8. The van der Waals surface area contributed by atoms with Gasteiger partial charge in [0.2, 0.25) is 0 Å². The van der Waals surface area contributed by atoms with Crippen molar-refractivity contribution < 1.29 is 10.0 Å². The van der Waals surface area contributed by atoms with E-state index in [9.17, 15) is 15.2 Å². The van der Waals surface area contributed by atoms with Crippen LogP contribution >= 0.6 is 0 Å². The molecule has 0 bridgehead atoms. The lowest BCUT2D eigenvalue weighted by Crippen LogP contribution is -2.37. The van der Waals surface area contributed by atoms with Crippen molar-refractivity contribution in [3.05, 3.63) is 33.9 Å². The largest absolute Gasteiger partial charge is 0.395 e. The maximum absolute atomic E-state index is 11.0. The molecule has 1 aliphatic rings. The van der Waals surface area contributed by atoms with Crippen molar-refractivity contribution in [3.8, 4) is 0 Å². The van der Waals surface area contributed by atoms with Gasteiger partial charge in [0.15, 0.2) is 0 Å². The van der Waals surface area contributed by atoms with E-state index in [-0.39, 0.29) is 23.3 Å². The van der Waals surface area contributed by atoms with Crippen molar-refractivity contribution in [2.45, 2.75) is 38.3 Å². The molecule has 21 heavy (non-hydrogen) atoms. The first-order valence-corrected chi connectivity index (χ1v) is 7.45. The first-order valence-electron chi connectivity index (χ1n) is 7.45. The van der Waals surface area contributed by atoms with Crippen molar-refractivity contribution >= 4 is 11.4 Å². The lowest BCUT2D eigenvalue weighted by atomic mass is 10.1. The number of rotatable bonds is 5. The summed E-state index contributed by atoms with van der Waals surface area (Å²) in [5.41, 5.74) is 1.92. The second kappa shape index (κ2) is 7.38. The zero-order chi connectivity index (χ0) is 15.2. The molecule has 2 N–H and O–H groups in total. The highest BCUT2D eigenvalue weighted by Crippen LogP contribution is 2.26. The predicted octanol–water partition coefficient (Wildman–Crippen LogP) is 2.37. The minimum atomic E-state index is -0.366. The van der Waals surface area contributed by atoms with Crippen LogP contribution in [0, 0.1) is 10.1 Å². The van der Waals surface area contributed by atoms with E-state index in [0.29, 0.717) is 6.54 Å². The third-order valence-electron chi connectivity index (χ3n) is 4.15. The van der Waals surface area contributed by atoms with Crippen LogP contribution in [0.15, 0.2) is 18.2 Å². The number of benzene rings is 1. The molecule has 1 unspecified atom stereocenters. The van der Waals surface area contributed by atoms with E-state index in [0.717, 1.165) is 37.1 Å². The molecule has 1 fully saturated rings. The molecule has 1 aromatic rings. The van der Waals surface area contributed by atoms with Crippen LogP contribution in [0.25, 0.3) is 0 Å². The maximum atomic E-state index is 11.0. The number of hydrogen-bond acceptors (Lipinski definition) is 5. The summed E-state index contributed by atoms with van der Waals surface area (Å²) in [5.74, 6) is 0. The summed E-state index contributed by atoms with van der Waals surface area (Å²) in [6.07, 6.45) is 4.41. The van der Waals surface area contributed by atoms with Gasteiger partial charge in [0.25, 0.3) is 5.69 Å². The van der Waals surface area contributed by atoms with Crippen LogP contribution in [-0.2, 0) is 6.54 Å². The molecule has 1 aromatic carbocycles. The molecule has 2 rings (SSSR count).